The lowest BCUT2D eigenvalue weighted by Crippen LogP contribution is -2.34. The Morgan fingerprint density at radius 2 is 2.24 bits per heavy atom. The Hall–Kier alpha value is -0.670. The van der Waals surface area contributed by atoms with E-state index in [2.05, 4.69) is 32.0 Å². The number of nitrogens with two attached hydrogens (primary N) is 1. The van der Waals surface area contributed by atoms with E-state index >= 15 is 0 Å². The van der Waals surface area contributed by atoms with Gasteiger partial charge in [-0.1, -0.05) is 12.1 Å². The topological polar surface area (TPSA) is 35.2 Å². The monoisotopic (exact) mass is 251 g/mol. The second-order valence-electron chi connectivity index (χ2n) is 5.33. The minimum atomic E-state index is -0.0591. The molecule has 0 aliphatic carbocycles. The maximum Gasteiger partial charge on any atom is 0.122 e. The molecule has 1 aromatic carbocycles. The number of hydrogen-bond donors (Lipinski definition) is 1. The maximum atomic E-state index is 5.95. The van der Waals surface area contributed by atoms with Crippen molar-refractivity contribution >= 4 is 11.8 Å². The van der Waals surface area contributed by atoms with Crippen LogP contribution in [0.2, 0.25) is 0 Å². The number of aryl methyl sites for hydroxylation is 1. The Morgan fingerprint density at radius 3 is 3.00 bits per heavy atom. The quantitative estimate of drug-likeness (QED) is 0.817. The third-order valence-electron chi connectivity index (χ3n) is 2.76. The van der Waals surface area contributed by atoms with Crippen molar-refractivity contribution in [3.05, 3.63) is 29.3 Å². The van der Waals surface area contributed by atoms with Crippen LogP contribution in [-0.2, 0) is 12.8 Å². The first-order valence-electron chi connectivity index (χ1n) is 6.16. The smallest absolute Gasteiger partial charge is 0.122 e. The lowest BCUT2D eigenvalue weighted by Gasteiger charge is -2.17. The van der Waals surface area contributed by atoms with Crippen LogP contribution in [0, 0.1) is 0 Å². The third-order valence-corrected chi connectivity index (χ3v) is 4.20. The Kier molecular flexibility index (Phi) is 4.00. The standard InChI is InChI=1S/C14H21NOS/c1-14(2,15)10-17-8-6-11-3-4-13-12(9-11)5-7-16-13/h3-4,9H,5-8,10,15H2,1-2H3. The van der Waals surface area contributed by atoms with Crippen molar-refractivity contribution in [1.82, 2.24) is 0 Å². The van der Waals surface area contributed by atoms with Gasteiger partial charge in [0.1, 0.15) is 5.75 Å². The van der Waals surface area contributed by atoms with Gasteiger partial charge in [-0.05, 0) is 43.2 Å². The van der Waals surface area contributed by atoms with Gasteiger partial charge in [0, 0.05) is 17.7 Å². The van der Waals surface area contributed by atoms with Crippen molar-refractivity contribution < 1.29 is 4.74 Å². The van der Waals surface area contributed by atoms with Crippen molar-refractivity contribution in [1.29, 1.82) is 0 Å². The average molecular weight is 251 g/mol. The van der Waals surface area contributed by atoms with Crippen molar-refractivity contribution in [3.8, 4) is 5.75 Å². The molecule has 1 aliphatic rings. The number of hydrogen-bond acceptors (Lipinski definition) is 3. The van der Waals surface area contributed by atoms with E-state index in [-0.39, 0.29) is 5.54 Å². The lowest BCUT2D eigenvalue weighted by molar-refractivity contribution is 0.357. The summed E-state index contributed by atoms with van der Waals surface area (Å²) in [7, 11) is 0. The van der Waals surface area contributed by atoms with Gasteiger partial charge in [0.25, 0.3) is 0 Å². The van der Waals surface area contributed by atoms with E-state index in [1.54, 1.807) is 0 Å². The predicted octanol–water partition coefficient (Wildman–Crippen LogP) is 2.63. The molecule has 0 saturated heterocycles. The minimum Gasteiger partial charge on any atom is -0.493 e. The fourth-order valence-electron chi connectivity index (χ4n) is 1.92. The van der Waals surface area contributed by atoms with Gasteiger partial charge in [-0.15, -0.1) is 0 Å². The number of rotatable bonds is 5. The summed E-state index contributed by atoms with van der Waals surface area (Å²) in [6, 6.07) is 6.57. The molecule has 0 radical (unpaired) electrons. The molecule has 2 nitrogen and oxygen atoms in total. The molecular formula is C14H21NOS. The van der Waals surface area contributed by atoms with E-state index in [4.69, 9.17) is 10.5 Å². The van der Waals surface area contributed by atoms with Gasteiger partial charge in [0.2, 0.25) is 0 Å². The third kappa shape index (κ3) is 3.93. The van der Waals surface area contributed by atoms with E-state index in [1.165, 1.54) is 11.1 Å². The number of fused-ring (bicyclic) bond motifs is 1. The fourth-order valence-corrected chi connectivity index (χ4v) is 2.97. The molecule has 1 heterocycles. The van der Waals surface area contributed by atoms with E-state index in [9.17, 15) is 0 Å². The minimum absolute atomic E-state index is 0.0591. The molecule has 0 unspecified atom stereocenters. The molecule has 3 heteroatoms. The molecule has 0 saturated carbocycles. The zero-order chi connectivity index (χ0) is 12.3. The highest BCUT2D eigenvalue weighted by molar-refractivity contribution is 7.99. The summed E-state index contributed by atoms with van der Waals surface area (Å²) in [6.45, 7) is 4.99. The normalized spacial score (nSPS) is 14.5. The number of benzene rings is 1. The highest BCUT2D eigenvalue weighted by Crippen LogP contribution is 2.26. The van der Waals surface area contributed by atoms with Crippen molar-refractivity contribution in [2.75, 3.05) is 18.1 Å². The maximum absolute atomic E-state index is 5.95. The molecule has 1 aromatic rings. The average Bonchev–Trinajstić information content (AvgIpc) is 2.70. The SMILES string of the molecule is CC(C)(N)CSCCc1ccc2c(c1)CCO2. The Balaban J connectivity index is 1.80. The van der Waals surface area contributed by atoms with E-state index < -0.39 is 0 Å². The van der Waals surface area contributed by atoms with Gasteiger partial charge in [-0.3, -0.25) is 0 Å². The van der Waals surface area contributed by atoms with Crippen LogP contribution in [-0.4, -0.2) is 23.7 Å². The lowest BCUT2D eigenvalue weighted by atomic mass is 10.1. The van der Waals surface area contributed by atoms with Gasteiger partial charge < -0.3 is 10.5 Å². The number of thioether (sulfide) groups is 1. The van der Waals surface area contributed by atoms with Gasteiger partial charge in [0.15, 0.2) is 0 Å². The Morgan fingerprint density at radius 1 is 1.41 bits per heavy atom. The highest BCUT2D eigenvalue weighted by atomic mass is 32.2. The summed E-state index contributed by atoms with van der Waals surface area (Å²) in [6.07, 6.45) is 2.18. The first-order valence-corrected chi connectivity index (χ1v) is 7.31. The molecule has 0 aromatic heterocycles. The molecule has 0 spiro atoms. The van der Waals surface area contributed by atoms with Crippen LogP contribution in [0.15, 0.2) is 18.2 Å². The van der Waals surface area contributed by atoms with Crippen LogP contribution in [0.3, 0.4) is 0 Å². The molecule has 0 bridgehead atoms. The van der Waals surface area contributed by atoms with E-state index in [1.807, 2.05) is 11.8 Å². The molecule has 0 atom stereocenters. The summed E-state index contributed by atoms with van der Waals surface area (Å²) in [5.74, 6) is 3.23. The summed E-state index contributed by atoms with van der Waals surface area (Å²) >= 11 is 1.93. The summed E-state index contributed by atoms with van der Waals surface area (Å²) in [5.41, 5.74) is 8.67. The molecule has 2 N–H and O–H groups in total. The second kappa shape index (κ2) is 5.32. The first-order chi connectivity index (χ1) is 8.04. The Bertz CT molecular complexity index is 384. The van der Waals surface area contributed by atoms with Crippen molar-refractivity contribution in [3.63, 3.8) is 0 Å². The van der Waals surface area contributed by atoms with Crippen molar-refractivity contribution in [2.24, 2.45) is 5.73 Å². The van der Waals surface area contributed by atoms with E-state index in [0.717, 1.165) is 36.7 Å². The molecular weight excluding hydrogens is 230 g/mol. The van der Waals surface area contributed by atoms with Gasteiger partial charge in [-0.25, -0.2) is 0 Å². The molecule has 17 heavy (non-hydrogen) atoms. The van der Waals surface area contributed by atoms with E-state index in [0.29, 0.717) is 0 Å². The molecule has 94 valence electrons. The zero-order valence-electron chi connectivity index (χ0n) is 10.7. The molecule has 0 amide bonds. The van der Waals surface area contributed by atoms with Crippen molar-refractivity contribution in [2.45, 2.75) is 32.2 Å². The van der Waals surface area contributed by atoms with Crippen LogP contribution in [0.1, 0.15) is 25.0 Å². The summed E-state index contributed by atoms with van der Waals surface area (Å²) < 4.78 is 5.50. The van der Waals surface area contributed by atoms with Gasteiger partial charge in [0.05, 0.1) is 6.61 Å². The largest absolute Gasteiger partial charge is 0.493 e. The van der Waals surface area contributed by atoms with Crippen LogP contribution in [0.25, 0.3) is 0 Å². The van der Waals surface area contributed by atoms with Crippen LogP contribution >= 0.6 is 11.8 Å². The van der Waals surface area contributed by atoms with Crippen LogP contribution in [0.5, 0.6) is 5.75 Å². The first kappa shape index (κ1) is 12.8. The van der Waals surface area contributed by atoms with Gasteiger partial charge >= 0.3 is 0 Å². The summed E-state index contributed by atoms with van der Waals surface area (Å²) in [5, 5.41) is 0. The molecule has 0 fully saturated rings. The Labute approximate surface area is 108 Å². The highest BCUT2D eigenvalue weighted by Gasteiger charge is 2.12. The van der Waals surface area contributed by atoms with Gasteiger partial charge in [-0.2, -0.15) is 11.8 Å². The zero-order valence-corrected chi connectivity index (χ0v) is 11.5. The second-order valence-corrected chi connectivity index (χ2v) is 6.44. The fraction of sp³-hybridized carbons (Fsp3) is 0.571. The van der Waals surface area contributed by atoms with Crippen LogP contribution < -0.4 is 10.5 Å². The molecule has 1 aliphatic heterocycles. The number of ether oxygens (including phenoxy) is 1. The molecule has 2 rings (SSSR count). The predicted molar refractivity (Wildman–Crippen MR) is 74.9 cm³/mol. The van der Waals surface area contributed by atoms with Crippen LogP contribution in [0.4, 0.5) is 0 Å². The summed E-state index contributed by atoms with van der Waals surface area (Å²) in [4.78, 5) is 0.